The lowest BCUT2D eigenvalue weighted by Gasteiger charge is -2.32. The number of para-hydroxylation sites is 2. The first-order valence-electron chi connectivity index (χ1n) is 7.98. The summed E-state index contributed by atoms with van der Waals surface area (Å²) >= 11 is 0. The van der Waals surface area contributed by atoms with Gasteiger partial charge in [0.05, 0.1) is 18.4 Å². The molecule has 8 heteroatoms. The number of aliphatic hydroxyl groups excluding tert-OH is 1. The van der Waals surface area contributed by atoms with E-state index >= 15 is 0 Å². The first-order chi connectivity index (χ1) is 12.7. The lowest BCUT2D eigenvalue weighted by Crippen LogP contribution is -2.41. The molecule has 3 aromatic rings. The third-order valence-electron chi connectivity index (χ3n) is 4.16. The highest BCUT2D eigenvalue weighted by molar-refractivity contribution is 5.92. The van der Waals surface area contributed by atoms with E-state index in [1.807, 2.05) is 18.2 Å². The van der Waals surface area contributed by atoms with E-state index in [1.54, 1.807) is 37.4 Å². The third kappa shape index (κ3) is 2.76. The number of hydrogen-bond acceptors (Lipinski definition) is 6. The molecule has 2 aromatic carbocycles. The van der Waals surface area contributed by atoms with E-state index in [9.17, 15) is 9.90 Å². The molecule has 0 saturated heterocycles. The summed E-state index contributed by atoms with van der Waals surface area (Å²) < 4.78 is 10.6. The molecule has 2 amide bonds. The Labute approximate surface area is 149 Å². The quantitative estimate of drug-likeness (QED) is 0.749. The normalized spacial score (nSPS) is 16.2. The highest BCUT2D eigenvalue weighted by Gasteiger charge is 2.32. The maximum Gasteiger partial charge on any atom is 0.324 e. The molecule has 0 bridgehead atoms. The predicted molar refractivity (Wildman–Crippen MR) is 92.2 cm³/mol. The van der Waals surface area contributed by atoms with Crippen molar-refractivity contribution >= 4 is 11.7 Å². The Morgan fingerprint density at radius 3 is 2.85 bits per heavy atom. The van der Waals surface area contributed by atoms with Gasteiger partial charge in [0, 0.05) is 5.56 Å². The molecular weight excluding hydrogens is 336 g/mol. The van der Waals surface area contributed by atoms with Crippen LogP contribution in [0.2, 0.25) is 0 Å². The zero-order valence-corrected chi connectivity index (χ0v) is 13.9. The number of aromatic nitrogens is 2. The number of nitrogens with zero attached hydrogens (tertiary/aromatic N) is 3. The van der Waals surface area contributed by atoms with Gasteiger partial charge >= 0.3 is 6.03 Å². The summed E-state index contributed by atoms with van der Waals surface area (Å²) in [6.07, 6.45) is -1.10. The number of benzene rings is 2. The molecule has 8 nitrogen and oxygen atoms in total. The van der Waals surface area contributed by atoms with Crippen LogP contribution in [0.5, 0.6) is 5.75 Å². The minimum Gasteiger partial charge on any atom is -0.496 e. The van der Waals surface area contributed by atoms with Crippen molar-refractivity contribution in [3.8, 4) is 17.1 Å². The van der Waals surface area contributed by atoms with E-state index in [0.29, 0.717) is 28.4 Å². The highest BCUT2D eigenvalue weighted by atomic mass is 16.5. The van der Waals surface area contributed by atoms with Gasteiger partial charge in [0.2, 0.25) is 11.7 Å². The molecular formula is C18H16N4O4. The number of methoxy groups -OCH3 is 1. The Morgan fingerprint density at radius 1 is 1.23 bits per heavy atom. The summed E-state index contributed by atoms with van der Waals surface area (Å²) in [6, 6.07) is 13.9. The van der Waals surface area contributed by atoms with Crippen molar-refractivity contribution in [3.05, 3.63) is 60.0 Å². The van der Waals surface area contributed by atoms with Gasteiger partial charge in [-0.05, 0) is 18.2 Å². The standard InChI is InChI=1S/C18H16N4O4/c1-25-14-9-5-3-7-12(14)16-20-15(26-21-16)10-22-17(23)11-6-2-4-8-13(11)19-18(22)24/h2-9,17,23H,10H2,1H3,(H,19,24). The minimum absolute atomic E-state index is 0.0243. The van der Waals surface area contributed by atoms with Gasteiger partial charge in [0.25, 0.3) is 0 Å². The average Bonchev–Trinajstić information content (AvgIpc) is 3.13. The molecule has 0 aliphatic carbocycles. The second kappa shape index (κ2) is 6.49. The number of amides is 2. The smallest absolute Gasteiger partial charge is 0.324 e. The van der Waals surface area contributed by atoms with Crippen LogP contribution in [0.1, 0.15) is 17.7 Å². The van der Waals surface area contributed by atoms with Crippen LogP contribution in [-0.4, -0.2) is 33.3 Å². The molecule has 1 unspecified atom stereocenters. The van der Waals surface area contributed by atoms with Crippen LogP contribution in [0, 0.1) is 0 Å². The Hall–Kier alpha value is -3.39. The summed E-state index contributed by atoms with van der Waals surface area (Å²) in [5.74, 6) is 1.17. The molecule has 1 aliphatic heterocycles. The van der Waals surface area contributed by atoms with Gasteiger partial charge in [-0.2, -0.15) is 4.98 Å². The molecule has 2 heterocycles. The first kappa shape index (κ1) is 16.1. The summed E-state index contributed by atoms with van der Waals surface area (Å²) in [5.41, 5.74) is 1.87. The summed E-state index contributed by atoms with van der Waals surface area (Å²) in [4.78, 5) is 17.8. The summed E-state index contributed by atoms with van der Waals surface area (Å²) in [6.45, 7) is -0.0243. The number of rotatable bonds is 4. The maximum atomic E-state index is 12.3. The predicted octanol–water partition coefficient (Wildman–Crippen LogP) is 2.78. The van der Waals surface area contributed by atoms with Crippen LogP contribution >= 0.6 is 0 Å². The third-order valence-corrected chi connectivity index (χ3v) is 4.16. The molecule has 4 rings (SSSR count). The van der Waals surface area contributed by atoms with E-state index in [1.165, 1.54) is 4.90 Å². The van der Waals surface area contributed by atoms with Crippen molar-refractivity contribution in [2.24, 2.45) is 0 Å². The molecule has 0 saturated carbocycles. The van der Waals surface area contributed by atoms with Gasteiger partial charge in [0.1, 0.15) is 12.3 Å². The monoisotopic (exact) mass is 352 g/mol. The Bertz CT molecular complexity index is 956. The van der Waals surface area contributed by atoms with Crippen molar-refractivity contribution in [2.75, 3.05) is 12.4 Å². The lowest BCUT2D eigenvalue weighted by molar-refractivity contribution is 0.0207. The number of ether oxygens (including phenoxy) is 1. The van der Waals surface area contributed by atoms with Crippen LogP contribution < -0.4 is 10.1 Å². The molecule has 0 fully saturated rings. The lowest BCUT2D eigenvalue weighted by atomic mass is 10.1. The van der Waals surface area contributed by atoms with E-state index in [0.717, 1.165) is 0 Å². The second-order valence-electron chi connectivity index (χ2n) is 5.73. The molecule has 0 radical (unpaired) electrons. The molecule has 1 aliphatic rings. The van der Waals surface area contributed by atoms with Crippen LogP contribution in [0.25, 0.3) is 11.4 Å². The topological polar surface area (TPSA) is 101 Å². The van der Waals surface area contributed by atoms with Gasteiger partial charge in [-0.25, -0.2) is 4.79 Å². The van der Waals surface area contributed by atoms with Crippen LogP contribution in [0.15, 0.2) is 53.1 Å². The van der Waals surface area contributed by atoms with E-state index in [4.69, 9.17) is 9.26 Å². The largest absolute Gasteiger partial charge is 0.496 e. The van der Waals surface area contributed by atoms with E-state index in [-0.39, 0.29) is 12.4 Å². The number of carbonyl (C=O) groups excluding carboxylic acids is 1. The Morgan fingerprint density at radius 2 is 2.00 bits per heavy atom. The number of aliphatic hydroxyl groups is 1. The van der Waals surface area contributed by atoms with Crippen molar-refractivity contribution in [2.45, 2.75) is 12.8 Å². The van der Waals surface area contributed by atoms with Crippen LogP contribution in [-0.2, 0) is 6.54 Å². The number of carbonyl (C=O) groups is 1. The molecule has 132 valence electrons. The van der Waals surface area contributed by atoms with E-state index in [2.05, 4.69) is 15.5 Å². The Balaban J connectivity index is 1.59. The number of urea groups is 1. The summed E-state index contributed by atoms with van der Waals surface area (Å²) in [5, 5.41) is 17.2. The van der Waals surface area contributed by atoms with Gasteiger partial charge in [-0.3, -0.25) is 4.90 Å². The average molecular weight is 352 g/mol. The maximum absolute atomic E-state index is 12.3. The first-order valence-corrected chi connectivity index (χ1v) is 7.98. The molecule has 1 aromatic heterocycles. The van der Waals surface area contributed by atoms with Gasteiger partial charge in [-0.1, -0.05) is 35.5 Å². The number of anilines is 1. The van der Waals surface area contributed by atoms with Crippen molar-refractivity contribution in [1.29, 1.82) is 0 Å². The van der Waals surface area contributed by atoms with Crippen molar-refractivity contribution in [1.82, 2.24) is 15.0 Å². The fourth-order valence-electron chi connectivity index (χ4n) is 2.86. The summed E-state index contributed by atoms with van der Waals surface area (Å²) in [7, 11) is 1.56. The fraction of sp³-hybridized carbons (Fsp3) is 0.167. The van der Waals surface area contributed by atoms with Crippen LogP contribution in [0.3, 0.4) is 0 Å². The molecule has 0 spiro atoms. The minimum atomic E-state index is -1.10. The van der Waals surface area contributed by atoms with Gasteiger partial charge in [-0.15, -0.1) is 0 Å². The van der Waals surface area contributed by atoms with E-state index < -0.39 is 12.3 Å². The van der Waals surface area contributed by atoms with Crippen LogP contribution in [0.4, 0.5) is 10.5 Å². The number of nitrogens with one attached hydrogen (secondary N) is 1. The zero-order chi connectivity index (χ0) is 18.1. The SMILES string of the molecule is COc1ccccc1-c1noc(CN2C(=O)Nc3ccccc3C2O)n1. The fourth-order valence-corrected chi connectivity index (χ4v) is 2.86. The molecule has 2 N–H and O–H groups in total. The second-order valence-corrected chi connectivity index (χ2v) is 5.73. The zero-order valence-electron chi connectivity index (χ0n) is 13.9. The van der Waals surface area contributed by atoms with Crippen molar-refractivity contribution < 1.29 is 19.2 Å². The number of hydrogen-bond donors (Lipinski definition) is 2. The van der Waals surface area contributed by atoms with Gasteiger partial charge in [0.15, 0.2) is 6.23 Å². The van der Waals surface area contributed by atoms with Gasteiger partial charge < -0.3 is 19.7 Å². The van der Waals surface area contributed by atoms with Crippen molar-refractivity contribution in [3.63, 3.8) is 0 Å². The molecule has 1 atom stereocenters. The molecule has 26 heavy (non-hydrogen) atoms. The highest BCUT2D eigenvalue weighted by Crippen LogP contribution is 2.32. The number of fused-ring (bicyclic) bond motifs is 1. The Kier molecular flexibility index (Phi) is 4.02.